The predicted molar refractivity (Wildman–Crippen MR) is 87.1 cm³/mol. The van der Waals surface area contributed by atoms with Gasteiger partial charge in [0, 0.05) is 5.69 Å². The summed E-state index contributed by atoms with van der Waals surface area (Å²) in [6.45, 7) is 7.56. The Hall–Kier alpha value is -2.01. The van der Waals surface area contributed by atoms with Gasteiger partial charge >= 0.3 is 0 Å². The summed E-state index contributed by atoms with van der Waals surface area (Å²) in [4.78, 5) is 0.184. The molecule has 0 aromatic heterocycles. The van der Waals surface area contributed by atoms with E-state index in [9.17, 15) is 8.42 Å². The van der Waals surface area contributed by atoms with E-state index in [-0.39, 0.29) is 4.90 Å². The van der Waals surface area contributed by atoms with E-state index in [2.05, 4.69) is 4.72 Å². The molecule has 4 nitrogen and oxygen atoms in total. The molecule has 21 heavy (non-hydrogen) atoms. The van der Waals surface area contributed by atoms with Gasteiger partial charge in [-0.05, 0) is 68.1 Å². The van der Waals surface area contributed by atoms with Crippen LogP contribution in [0.5, 0.6) is 0 Å². The Morgan fingerprint density at radius 3 is 2.24 bits per heavy atom. The Balaban J connectivity index is 2.46. The quantitative estimate of drug-likeness (QED) is 0.855. The molecule has 0 aliphatic heterocycles. The molecular weight excluding hydrogens is 284 g/mol. The van der Waals surface area contributed by atoms with Gasteiger partial charge in [0.2, 0.25) is 0 Å². The second-order valence-corrected chi connectivity index (χ2v) is 6.99. The van der Waals surface area contributed by atoms with E-state index in [1.165, 1.54) is 6.07 Å². The maximum absolute atomic E-state index is 12.5. The predicted octanol–water partition coefficient (Wildman–Crippen LogP) is 3.30. The Morgan fingerprint density at radius 1 is 0.952 bits per heavy atom. The van der Waals surface area contributed by atoms with Crippen molar-refractivity contribution in [3.8, 4) is 0 Å². The first-order chi connectivity index (χ1) is 9.72. The van der Waals surface area contributed by atoms with Crippen molar-refractivity contribution >= 4 is 21.4 Å². The lowest BCUT2D eigenvalue weighted by Crippen LogP contribution is -2.15. The van der Waals surface area contributed by atoms with Gasteiger partial charge in [-0.2, -0.15) is 0 Å². The average Bonchev–Trinajstić information content (AvgIpc) is 2.40. The van der Waals surface area contributed by atoms with Crippen LogP contribution < -0.4 is 10.5 Å². The highest BCUT2D eigenvalue weighted by atomic mass is 32.2. The molecule has 2 aromatic rings. The largest absolute Gasteiger partial charge is 0.398 e. The lowest BCUT2D eigenvalue weighted by Gasteiger charge is -2.14. The molecule has 5 heteroatoms. The van der Waals surface area contributed by atoms with Crippen molar-refractivity contribution in [2.75, 3.05) is 10.5 Å². The summed E-state index contributed by atoms with van der Waals surface area (Å²) in [5.74, 6) is 0. The van der Waals surface area contributed by atoms with Crippen LogP contribution in [-0.4, -0.2) is 8.42 Å². The lowest BCUT2D eigenvalue weighted by molar-refractivity contribution is 0.601. The van der Waals surface area contributed by atoms with E-state index in [4.69, 9.17) is 5.73 Å². The molecule has 0 radical (unpaired) electrons. The maximum atomic E-state index is 12.5. The van der Waals surface area contributed by atoms with E-state index < -0.39 is 10.0 Å². The Kier molecular flexibility index (Phi) is 3.96. The van der Waals surface area contributed by atoms with Gasteiger partial charge in [0.05, 0.1) is 10.6 Å². The molecule has 0 aliphatic rings. The lowest BCUT2D eigenvalue weighted by atomic mass is 10.1. The van der Waals surface area contributed by atoms with Gasteiger partial charge in [-0.3, -0.25) is 4.72 Å². The Bertz CT molecular complexity index is 773. The van der Waals surface area contributed by atoms with Crippen molar-refractivity contribution in [2.24, 2.45) is 0 Å². The molecule has 0 saturated carbocycles. The van der Waals surface area contributed by atoms with E-state index in [0.29, 0.717) is 11.4 Å². The molecule has 0 fully saturated rings. The summed E-state index contributed by atoms with van der Waals surface area (Å²) in [5.41, 5.74) is 10.7. The van der Waals surface area contributed by atoms with Crippen LogP contribution >= 0.6 is 0 Å². The third-order valence-electron chi connectivity index (χ3n) is 3.84. The zero-order valence-corrected chi connectivity index (χ0v) is 13.5. The van der Waals surface area contributed by atoms with Gasteiger partial charge in [-0.1, -0.05) is 12.1 Å². The highest BCUT2D eigenvalue weighted by Crippen LogP contribution is 2.25. The van der Waals surface area contributed by atoms with E-state index in [1.54, 1.807) is 12.1 Å². The fraction of sp³-hybridized carbons (Fsp3) is 0.250. The van der Waals surface area contributed by atoms with E-state index in [0.717, 1.165) is 22.3 Å². The molecule has 0 amide bonds. The number of nitrogens with two attached hydrogens (primary N) is 1. The van der Waals surface area contributed by atoms with Crippen LogP contribution in [0.3, 0.4) is 0 Å². The van der Waals surface area contributed by atoms with Crippen molar-refractivity contribution in [3.05, 3.63) is 52.6 Å². The maximum Gasteiger partial charge on any atom is 0.261 e. The minimum absolute atomic E-state index is 0.184. The zero-order valence-electron chi connectivity index (χ0n) is 12.7. The van der Waals surface area contributed by atoms with Crippen molar-refractivity contribution < 1.29 is 8.42 Å². The normalized spacial score (nSPS) is 11.4. The van der Waals surface area contributed by atoms with Gasteiger partial charge in [0.1, 0.15) is 0 Å². The van der Waals surface area contributed by atoms with Crippen LogP contribution in [0.4, 0.5) is 11.4 Å². The summed E-state index contributed by atoms with van der Waals surface area (Å²) in [6, 6.07) is 8.66. The molecule has 0 bridgehead atoms. The number of rotatable bonds is 3. The first-order valence-corrected chi connectivity index (χ1v) is 8.16. The fourth-order valence-electron chi connectivity index (χ4n) is 2.07. The SMILES string of the molecule is Cc1cc(S(=O)(=O)Nc2cccc(C)c2C)cc(N)c1C. The first-order valence-electron chi connectivity index (χ1n) is 6.68. The summed E-state index contributed by atoms with van der Waals surface area (Å²) >= 11 is 0. The number of nitrogen functional groups attached to an aromatic ring is 1. The van der Waals surface area contributed by atoms with E-state index >= 15 is 0 Å². The number of hydrogen-bond acceptors (Lipinski definition) is 3. The van der Waals surface area contributed by atoms with Crippen LogP contribution in [0.2, 0.25) is 0 Å². The van der Waals surface area contributed by atoms with Crippen LogP contribution in [-0.2, 0) is 10.0 Å². The minimum Gasteiger partial charge on any atom is -0.398 e. The number of anilines is 2. The summed E-state index contributed by atoms with van der Waals surface area (Å²) < 4.78 is 27.7. The fourth-order valence-corrected chi connectivity index (χ4v) is 3.32. The minimum atomic E-state index is -3.64. The van der Waals surface area contributed by atoms with Gasteiger partial charge in [-0.25, -0.2) is 8.42 Å². The number of sulfonamides is 1. The van der Waals surface area contributed by atoms with Crippen molar-refractivity contribution in [3.63, 3.8) is 0 Å². The molecule has 0 spiro atoms. The van der Waals surface area contributed by atoms with E-state index in [1.807, 2.05) is 39.8 Å². The third-order valence-corrected chi connectivity index (χ3v) is 5.19. The van der Waals surface area contributed by atoms with Crippen LogP contribution in [0.15, 0.2) is 35.2 Å². The standard InChI is InChI=1S/C16H20N2O2S/c1-10-6-5-7-16(13(10)4)18-21(19,20)14-8-11(2)12(3)15(17)9-14/h5-9,18H,17H2,1-4H3. The molecule has 3 N–H and O–H groups in total. The highest BCUT2D eigenvalue weighted by molar-refractivity contribution is 7.92. The van der Waals surface area contributed by atoms with Crippen LogP contribution in [0.1, 0.15) is 22.3 Å². The van der Waals surface area contributed by atoms with Crippen molar-refractivity contribution in [2.45, 2.75) is 32.6 Å². The Labute approximate surface area is 126 Å². The molecule has 2 rings (SSSR count). The number of nitrogens with one attached hydrogen (secondary N) is 1. The molecular formula is C16H20N2O2S. The molecule has 112 valence electrons. The first kappa shape index (κ1) is 15.4. The molecule has 0 saturated heterocycles. The van der Waals surface area contributed by atoms with Gasteiger partial charge in [-0.15, -0.1) is 0 Å². The smallest absolute Gasteiger partial charge is 0.261 e. The van der Waals surface area contributed by atoms with Gasteiger partial charge < -0.3 is 5.73 Å². The number of hydrogen-bond donors (Lipinski definition) is 2. The van der Waals surface area contributed by atoms with Crippen LogP contribution in [0.25, 0.3) is 0 Å². The monoisotopic (exact) mass is 304 g/mol. The van der Waals surface area contributed by atoms with Crippen molar-refractivity contribution in [1.29, 1.82) is 0 Å². The molecule has 2 aromatic carbocycles. The Morgan fingerprint density at radius 2 is 1.62 bits per heavy atom. The van der Waals surface area contributed by atoms with Gasteiger partial charge in [0.25, 0.3) is 10.0 Å². The van der Waals surface area contributed by atoms with Crippen molar-refractivity contribution in [1.82, 2.24) is 0 Å². The highest BCUT2D eigenvalue weighted by Gasteiger charge is 2.17. The molecule has 0 atom stereocenters. The molecule has 0 heterocycles. The second-order valence-electron chi connectivity index (χ2n) is 5.31. The average molecular weight is 304 g/mol. The molecule has 0 unspecified atom stereocenters. The summed E-state index contributed by atoms with van der Waals surface area (Å²) in [6.07, 6.45) is 0. The zero-order chi connectivity index (χ0) is 15.8. The third kappa shape index (κ3) is 3.03. The number of benzene rings is 2. The van der Waals surface area contributed by atoms with Gasteiger partial charge in [0.15, 0.2) is 0 Å². The summed E-state index contributed by atoms with van der Waals surface area (Å²) in [5, 5.41) is 0. The number of aryl methyl sites for hydroxylation is 2. The molecule has 0 aliphatic carbocycles. The van der Waals surface area contributed by atoms with Crippen LogP contribution in [0, 0.1) is 27.7 Å². The second kappa shape index (κ2) is 5.41. The topological polar surface area (TPSA) is 72.2 Å². The summed E-state index contributed by atoms with van der Waals surface area (Å²) in [7, 11) is -3.64.